The third-order valence-corrected chi connectivity index (χ3v) is 3.21. The second-order valence-corrected chi connectivity index (χ2v) is 5.61. The van der Waals surface area contributed by atoms with E-state index in [-0.39, 0.29) is 17.2 Å². The van der Waals surface area contributed by atoms with E-state index >= 15 is 0 Å². The summed E-state index contributed by atoms with van der Waals surface area (Å²) in [6, 6.07) is 10.0. The molecule has 1 aromatic carbocycles. The summed E-state index contributed by atoms with van der Waals surface area (Å²) < 4.78 is 0. The standard InChI is InChI=1S/C16H24N2O2/c1-13(19)17-10-7-11-18-15(20)12-16(2,3)14-8-5-4-6-9-14/h4-6,8-9H,7,10-12H2,1-3H3,(H,17,19)(H,18,20). The van der Waals surface area contributed by atoms with Crippen LogP contribution in [0.3, 0.4) is 0 Å². The van der Waals surface area contributed by atoms with Crippen LogP contribution in [0.25, 0.3) is 0 Å². The third-order valence-electron chi connectivity index (χ3n) is 3.21. The average Bonchev–Trinajstić information content (AvgIpc) is 2.38. The molecule has 2 N–H and O–H groups in total. The van der Waals surface area contributed by atoms with Gasteiger partial charge in [0, 0.05) is 26.4 Å². The number of amides is 2. The zero-order chi connectivity index (χ0) is 15.0. The highest BCUT2D eigenvalue weighted by Gasteiger charge is 2.23. The van der Waals surface area contributed by atoms with E-state index in [1.165, 1.54) is 6.92 Å². The van der Waals surface area contributed by atoms with Gasteiger partial charge in [-0.2, -0.15) is 0 Å². The molecule has 110 valence electrons. The van der Waals surface area contributed by atoms with Gasteiger partial charge in [0.15, 0.2) is 0 Å². The fourth-order valence-corrected chi connectivity index (χ4v) is 2.04. The van der Waals surface area contributed by atoms with E-state index in [0.29, 0.717) is 19.5 Å². The molecule has 0 atom stereocenters. The zero-order valence-electron chi connectivity index (χ0n) is 12.5. The molecule has 0 aliphatic rings. The normalized spacial score (nSPS) is 10.9. The van der Waals surface area contributed by atoms with Crippen molar-refractivity contribution in [3.05, 3.63) is 35.9 Å². The number of benzene rings is 1. The molecular weight excluding hydrogens is 252 g/mol. The van der Waals surface area contributed by atoms with Crippen molar-refractivity contribution >= 4 is 11.8 Å². The Hall–Kier alpha value is -1.84. The highest BCUT2D eigenvalue weighted by molar-refractivity contribution is 5.77. The molecule has 0 fully saturated rings. The van der Waals surface area contributed by atoms with Crippen molar-refractivity contribution < 1.29 is 9.59 Å². The Morgan fingerprint density at radius 3 is 2.25 bits per heavy atom. The number of nitrogens with one attached hydrogen (secondary N) is 2. The first-order valence-corrected chi connectivity index (χ1v) is 6.98. The van der Waals surface area contributed by atoms with Crippen molar-refractivity contribution in [3.8, 4) is 0 Å². The topological polar surface area (TPSA) is 58.2 Å². The van der Waals surface area contributed by atoms with Gasteiger partial charge in [0.25, 0.3) is 0 Å². The summed E-state index contributed by atoms with van der Waals surface area (Å²) >= 11 is 0. The molecule has 4 heteroatoms. The Balaban J connectivity index is 2.33. The smallest absolute Gasteiger partial charge is 0.220 e. The zero-order valence-corrected chi connectivity index (χ0v) is 12.5. The SMILES string of the molecule is CC(=O)NCCCNC(=O)CC(C)(C)c1ccccc1. The summed E-state index contributed by atoms with van der Waals surface area (Å²) in [5.74, 6) is 0.00298. The Labute approximate surface area is 121 Å². The van der Waals surface area contributed by atoms with E-state index in [1.807, 2.05) is 30.3 Å². The summed E-state index contributed by atoms with van der Waals surface area (Å²) in [4.78, 5) is 22.6. The van der Waals surface area contributed by atoms with E-state index in [1.54, 1.807) is 0 Å². The molecule has 1 rings (SSSR count). The molecule has 0 bridgehead atoms. The van der Waals surface area contributed by atoms with Gasteiger partial charge in [-0.1, -0.05) is 44.2 Å². The predicted octanol–water partition coefficient (Wildman–Crippen LogP) is 2.00. The lowest BCUT2D eigenvalue weighted by Gasteiger charge is -2.24. The van der Waals surface area contributed by atoms with Crippen molar-refractivity contribution in [2.24, 2.45) is 0 Å². The Morgan fingerprint density at radius 1 is 1.05 bits per heavy atom. The molecule has 0 heterocycles. The number of hydrogen-bond donors (Lipinski definition) is 2. The molecule has 0 aromatic heterocycles. The van der Waals surface area contributed by atoms with E-state index in [2.05, 4.69) is 24.5 Å². The number of carbonyl (C=O) groups is 2. The van der Waals surface area contributed by atoms with Crippen molar-refractivity contribution in [3.63, 3.8) is 0 Å². The fraction of sp³-hybridized carbons (Fsp3) is 0.500. The van der Waals surface area contributed by atoms with Gasteiger partial charge in [-0.15, -0.1) is 0 Å². The van der Waals surface area contributed by atoms with Crippen LogP contribution in [0.2, 0.25) is 0 Å². The van der Waals surface area contributed by atoms with Crippen LogP contribution in [0.5, 0.6) is 0 Å². The first-order valence-electron chi connectivity index (χ1n) is 6.98. The van der Waals surface area contributed by atoms with Crippen molar-refractivity contribution in [2.45, 2.75) is 39.0 Å². The van der Waals surface area contributed by atoms with Crippen LogP contribution in [0.1, 0.15) is 39.2 Å². The van der Waals surface area contributed by atoms with Crippen molar-refractivity contribution in [2.75, 3.05) is 13.1 Å². The highest BCUT2D eigenvalue weighted by atomic mass is 16.2. The summed E-state index contributed by atoms with van der Waals surface area (Å²) in [5, 5.41) is 5.60. The quantitative estimate of drug-likeness (QED) is 0.748. The summed E-state index contributed by atoms with van der Waals surface area (Å²) in [6.45, 7) is 6.81. The Morgan fingerprint density at radius 2 is 1.65 bits per heavy atom. The van der Waals surface area contributed by atoms with Gasteiger partial charge in [-0.25, -0.2) is 0 Å². The lowest BCUT2D eigenvalue weighted by molar-refractivity contribution is -0.122. The van der Waals surface area contributed by atoms with Gasteiger partial charge in [0.1, 0.15) is 0 Å². The average molecular weight is 276 g/mol. The third kappa shape index (κ3) is 5.87. The first kappa shape index (κ1) is 16.2. The van der Waals surface area contributed by atoms with Crippen LogP contribution in [-0.2, 0) is 15.0 Å². The van der Waals surface area contributed by atoms with Gasteiger partial charge in [0.2, 0.25) is 11.8 Å². The van der Waals surface area contributed by atoms with E-state index in [0.717, 1.165) is 12.0 Å². The van der Waals surface area contributed by atoms with Gasteiger partial charge in [0.05, 0.1) is 0 Å². The van der Waals surface area contributed by atoms with Crippen LogP contribution in [0.15, 0.2) is 30.3 Å². The number of carbonyl (C=O) groups excluding carboxylic acids is 2. The molecule has 2 amide bonds. The molecule has 20 heavy (non-hydrogen) atoms. The minimum atomic E-state index is -0.178. The van der Waals surface area contributed by atoms with Gasteiger partial charge < -0.3 is 10.6 Å². The molecule has 0 aliphatic heterocycles. The largest absolute Gasteiger partial charge is 0.356 e. The predicted molar refractivity (Wildman–Crippen MR) is 80.4 cm³/mol. The molecule has 1 aromatic rings. The highest BCUT2D eigenvalue weighted by Crippen LogP contribution is 2.26. The van der Waals surface area contributed by atoms with Crippen LogP contribution in [-0.4, -0.2) is 24.9 Å². The van der Waals surface area contributed by atoms with E-state index < -0.39 is 0 Å². The Bertz CT molecular complexity index is 441. The number of hydrogen-bond acceptors (Lipinski definition) is 2. The van der Waals surface area contributed by atoms with Gasteiger partial charge in [-0.3, -0.25) is 9.59 Å². The molecule has 0 aliphatic carbocycles. The molecular formula is C16H24N2O2. The maximum absolute atomic E-state index is 11.9. The van der Waals surface area contributed by atoms with Crippen molar-refractivity contribution in [1.82, 2.24) is 10.6 Å². The van der Waals surface area contributed by atoms with E-state index in [9.17, 15) is 9.59 Å². The maximum Gasteiger partial charge on any atom is 0.220 e. The molecule has 0 saturated heterocycles. The number of rotatable bonds is 7. The molecule has 0 spiro atoms. The monoisotopic (exact) mass is 276 g/mol. The maximum atomic E-state index is 11.9. The minimum Gasteiger partial charge on any atom is -0.356 e. The Kier molecular flexibility index (Phi) is 6.22. The van der Waals surface area contributed by atoms with Crippen LogP contribution in [0, 0.1) is 0 Å². The molecule has 0 unspecified atom stereocenters. The summed E-state index contributed by atoms with van der Waals surface area (Å²) in [7, 11) is 0. The first-order chi connectivity index (χ1) is 9.42. The lowest BCUT2D eigenvalue weighted by atomic mass is 9.81. The molecule has 4 nitrogen and oxygen atoms in total. The molecule has 0 saturated carbocycles. The second kappa shape index (κ2) is 7.68. The van der Waals surface area contributed by atoms with Crippen LogP contribution >= 0.6 is 0 Å². The lowest BCUT2D eigenvalue weighted by Crippen LogP contribution is -2.33. The molecule has 0 radical (unpaired) electrons. The summed E-state index contributed by atoms with van der Waals surface area (Å²) in [6.07, 6.45) is 1.20. The fourth-order valence-electron chi connectivity index (χ4n) is 2.04. The van der Waals surface area contributed by atoms with Gasteiger partial charge >= 0.3 is 0 Å². The van der Waals surface area contributed by atoms with E-state index in [4.69, 9.17) is 0 Å². The van der Waals surface area contributed by atoms with Crippen LogP contribution < -0.4 is 10.6 Å². The van der Waals surface area contributed by atoms with Crippen molar-refractivity contribution in [1.29, 1.82) is 0 Å². The summed E-state index contributed by atoms with van der Waals surface area (Å²) in [5.41, 5.74) is 0.983. The van der Waals surface area contributed by atoms with Gasteiger partial charge in [-0.05, 0) is 17.4 Å². The minimum absolute atomic E-state index is 0.0402. The second-order valence-electron chi connectivity index (χ2n) is 5.61. The van der Waals surface area contributed by atoms with Crippen LogP contribution in [0.4, 0.5) is 0 Å².